The van der Waals surface area contributed by atoms with Gasteiger partial charge in [0.2, 0.25) is 0 Å². The molecule has 1 heterocycles. The van der Waals surface area contributed by atoms with Crippen molar-refractivity contribution < 1.29 is 24.6 Å². The largest absolute Gasteiger partial charge is 0.481 e. The summed E-state index contributed by atoms with van der Waals surface area (Å²) in [5, 5.41) is 21.4. The van der Waals surface area contributed by atoms with Crippen molar-refractivity contribution in [2.75, 3.05) is 0 Å². The number of carboxylic acids is 2. The van der Waals surface area contributed by atoms with E-state index in [1.165, 1.54) is 0 Å². The van der Waals surface area contributed by atoms with Crippen molar-refractivity contribution >= 4 is 18.0 Å². The third-order valence-corrected chi connectivity index (χ3v) is 3.41. The van der Waals surface area contributed by atoms with Crippen molar-refractivity contribution in [1.82, 2.24) is 15.8 Å². The quantitative estimate of drug-likeness (QED) is 0.581. The molecular weight excluding hydrogens is 266 g/mol. The number of aliphatic carboxylic acids is 2. The van der Waals surface area contributed by atoms with Gasteiger partial charge in [-0.2, -0.15) is 0 Å². The summed E-state index contributed by atoms with van der Waals surface area (Å²) in [5.74, 6) is -2.65. The SMILES string of the molecule is CC1CCCC(C)N1NC(=O)NC(CC(=O)O)C(=O)O. The van der Waals surface area contributed by atoms with Crippen LogP contribution in [0.1, 0.15) is 39.5 Å². The number of hydrogen-bond acceptors (Lipinski definition) is 4. The van der Waals surface area contributed by atoms with Crippen LogP contribution >= 0.6 is 0 Å². The number of amides is 2. The maximum atomic E-state index is 11.8. The highest BCUT2D eigenvalue weighted by Crippen LogP contribution is 2.19. The smallest absolute Gasteiger partial charge is 0.330 e. The van der Waals surface area contributed by atoms with Crippen molar-refractivity contribution in [2.24, 2.45) is 0 Å². The van der Waals surface area contributed by atoms with Crippen LogP contribution < -0.4 is 10.7 Å². The molecule has 8 heteroatoms. The number of rotatable bonds is 5. The minimum atomic E-state index is -1.44. The van der Waals surface area contributed by atoms with Crippen LogP contribution in [0.15, 0.2) is 0 Å². The highest BCUT2D eigenvalue weighted by Gasteiger charge is 2.28. The summed E-state index contributed by atoms with van der Waals surface area (Å²) in [6, 6.07) is -1.82. The van der Waals surface area contributed by atoms with Gasteiger partial charge in [0, 0.05) is 12.1 Å². The van der Waals surface area contributed by atoms with E-state index in [9.17, 15) is 14.4 Å². The number of urea groups is 1. The second-order valence-corrected chi connectivity index (χ2v) is 5.11. The van der Waals surface area contributed by atoms with Gasteiger partial charge < -0.3 is 15.5 Å². The molecule has 20 heavy (non-hydrogen) atoms. The van der Waals surface area contributed by atoms with Crippen molar-refractivity contribution in [3.05, 3.63) is 0 Å². The fourth-order valence-corrected chi connectivity index (χ4v) is 2.32. The fourth-order valence-electron chi connectivity index (χ4n) is 2.32. The van der Waals surface area contributed by atoms with Gasteiger partial charge in [0.1, 0.15) is 6.04 Å². The Hall–Kier alpha value is -1.83. The number of carbonyl (C=O) groups is 3. The van der Waals surface area contributed by atoms with Crippen molar-refractivity contribution in [1.29, 1.82) is 0 Å². The first-order chi connectivity index (χ1) is 9.31. The molecule has 0 spiro atoms. The van der Waals surface area contributed by atoms with Gasteiger partial charge in [0.05, 0.1) is 6.42 Å². The van der Waals surface area contributed by atoms with Gasteiger partial charge in [-0.25, -0.2) is 14.6 Å². The Morgan fingerprint density at radius 1 is 1.20 bits per heavy atom. The van der Waals surface area contributed by atoms with Gasteiger partial charge in [-0.05, 0) is 26.7 Å². The molecular formula is C12H21N3O5. The summed E-state index contributed by atoms with van der Waals surface area (Å²) >= 11 is 0. The Labute approximate surface area is 117 Å². The molecule has 8 nitrogen and oxygen atoms in total. The summed E-state index contributed by atoms with van der Waals surface area (Å²) in [4.78, 5) is 33.2. The summed E-state index contributed by atoms with van der Waals surface area (Å²) in [5.41, 5.74) is 2.60. The maximum absolute atomic E-state index is 11.8. The standard InChI is InChI=1S/C12H21N3O5/c1-7-4-3-5-8(2)15(7)14-12(20)13-9(11(18)19)6-10(16)17/h7-9H,3-6H2,1-2H3,(H,16,17)(H,18,19)(H2,13,14,20). The predicted octanol–water partition coefficient (Wildman–Crippen LogP) is 0.391. The second-order valence-electron chi connectivity index (χ2n) is 5.11. The average Bonchev–Trinajstić information content (AvgIpc) is 2.32. The monoisotopic (exact) mass is 287 g/mol. The zero-order valence-corrected chi connectivity index (χ0v) is 11.6. The first-order valence-corrected chi connectivity index (χ1v) is 6.61. The van der Waals surface area contributed by atoms with E-state index in [1.807, 2.05) is 13.8 Å². The van der Waals surface area contributed by atoms with Gasteiger partial charge in [-0.3, -0.25) is 10.2 Å². The summed E-state index contributed by atoms with van der Waals surface area (Å²) in [6.07, 6.45) is 2.32. The van der Waals surface area contributed by atoms with Gasteiger partial charge in [0.25, 0.3) is 0 Å². The molecule has 3 atom stereocenters. The molecule has 0 aromatic carbocycles. The Kier molecular flexibility index (Phi) is 5.75. The first kappa shape index (κ1) is 16.2. The molecule has 3 unspecified atom stereocenters. The Morgan fingerprint density at radius 2 is 1.75 bits per heavy atom. The highest BCUT2D eigenvalue weighted by molar-refractivity contribution is 5.85. The Balaban J connectivity index is 2.56. The first-order valence-electron chi connectivity index (χ1n) is 6.61. The third-order valence-electron chi connectivity index (χ3n) is 3.41. The molecule has 2 amide bonds. The molecule has 0 radical (unpaired) electrons. The maximum Gasteiger partial charge on any atom is 0.330 e. The number of hydrazine groups is 1. The molecule has 0 aromatic rings. The number of carboxylic acid groups (broad SMARTS) is 2. The molecule has 0 aliphatic carbocycles. The zero-order valence-electron chi connectivity index (χ0n) is 11.6. The molecule has 1 saturated heterocycles. The van der Waals surface area contributed by atoms with Crippen LogP contribution in [0.25, 0.3) is 0 Å². The molecule has 114 valence electrons. The van der Waals surface area contributed by atoms with Crippen molar-refractivity contribution in [3.8, 4) is 0 Å². The van der Waals surface area contributed by atoms with E-state index in [1.54, 1.807) is 5.01 Å². The predicted molar refractivity (Wildman–Crippen MR) is 70.0 cm³/mol. The molecule has 1 aliphatic rings. The topological polar surface area (TPSA) is 119 Å². The molecule has 0 saturated carbocycles. The third kappa shape index (κ3) is 4.69. The molecule has 1 rings (SSSR count). The van der Waals surface area contributed by atoms with E-state index < -0.39 is 30.4 Å². The van der Waals surface area contributed by atoms with Gasteiger partial charge in [0.15, 0.2) is 0 Å². The van der Waals surface area contributed by atoms with Gasteiger partial charge >= 0.3 is 18.0 Å². The number of piperidine rings is 1. The van der Waals surface area contributed by atoms with E-state index in [2.05, 4.69) is 10.7 Å². The minimum absolute atomic E-state index is 0.159. The van der Waals surface area contributed by atoms with Gasteiger partial charge in [-0.1, -0.05) is 6.42 Å². The molecule has 1 fully saturated rings. The minimum Gasteiger partial charge on any atom is -0.481 e. The number of nitrogens with zero attached hydrogens (tertiary/aromatic N) is 1. The second kappa shape index (κ2) is 7.09. The van der Waals surface area contributed by atoms with Crippen LogP contribution in [-0.2, 0) is 9.59 Å². The van der Waals surface area contributed by atoms with Crippen LogP contribution in [0.4, 0.5) is 4.79 Å². The van der Waals surface area contributed by atoms with Crippen molar-refractivity contribution in [2.45, 2.75) is 57.7 Å². The van der Waals surface area contributed by atoms with Crippen LogP contribution in [0.3, 0.4) is 0 Å². The summed E-state index contributed by atoms with van der Waals surface area (Å²) in [7, 11) is 0. The normalized spacial score (nSPS) is 24.7. The summed E-state index contributed by atoms with van der Waals surface area (Å²) < 4.78 is 0. The van der Waals surface area contributed by atoms with Gasteiger partial charge in [-0.15, -0.1) is 0 Å². The van der Waals surface area contributed by atoms with E-state index in [4.69, 9.17) is 10.2 Å². The lowest BCUT2D eigenvalue weighted by molar-refractivity contribution is -0.145. The van der Waals surface area contributed by atoms with E-state index in [0.29, 0.717) is 0 Å². The van der Waals surface area contributed by atoms with E-state index in [0.717, 1.165) is 19.3 Å². The zero-order chi connectivity index (χ0) is 15.3. The lowest BCUT2D eigenvalue weighted by Crippen LogP contribution is -2.58. The van der Waals surface area contributed by atoms with Crippen LogP contribution in [-0.4, -0.2) is 51.3 Å². The van der Waals surface area contributed by atoms with E-state index in [-0.39, 0.29) is 12.1 Å². The van der Waals surface area contributed by atoms with Crippen LogP contribution in [0, 0.1) is 0 Å². The highest BCUT2D eigenvalue weighted by atomic mass is 16.4. The number of hydrogen-bond donors (Lipinski definition) is 4. The Bertz CT molecular complexity index is 377. The average molecular weight is 287 g/mol. The Morgan fingerprint density at radius 3 is 2.20 bits per heavy atom. The molecule has 0 bridgehead atoms. The number of nitrogens with one attached hydrogen (secondary N) is 2. The van der Waals surface area contributed by atoms with Crippen molar-refractivity contribution in [3.63, 3.8) is 0 Å². The lowest BCUT2D eigenvalue weighted by atomic mass is 10.00. The summed E-state index contributed by atoms with van der Waals surface area (Å²) in [6.45, 7) is 3.95. The van der Waals surface area contributed by atoms with Crippen LogP contribution in [0.2, 0.25) is 0 Å². The molecule has 1 aliphatic heterocycles. The molecule has 0 aromatic heterocycles. The van der Waals surface area contributed by atoms with E-state index >= 15 is 0 Å². The molecule has 4 N–H and O–H groups in total. The fraction of sp³-hybridized carbons (Fsp3) is 0.750. The lowest BCUT2D eigenvalue weighted by Gasteiger charge is -2.38. The van der Waals surface area contributed by atoms with Crippen LogP contribution in [0.5, 0.6) is 0 Å². The number of carbonyl (C=O) groups excluding carboxylic acids is 1.